The molecule has 0 atom stereocenters. The van der Waals surface area contributed by atoms with Crippen LogP contribution in [0.15, 0.2) is 48.5 Å². The van der Waals surface area contributed by atoms with Gasteiger partial charge in [0.25, 0.3) is 0 Å². The fraction of sp³-hybridized carbons (Fsp3) is 0.480. The second-order valence-electron chi connectivity index (χ2n) is 8.61. The molecule has 2 aromatic carbocycles. The maximum Gasteiger partial charge on any atom is 0.222 e. The van der Waals surface area contributed by atoms with Crippen molar-refractivity contribution >= 4 is 29.1 Å². The number of halogens is 2. The summed E-state index contributed by atoms with van der Waals surface area (Å²) in [5, 5.41) is 1.48. The summed E-state index contributed by atoms with van der Waals surface area (Å²) in [5.41, 5.74) is 2.42. The van der Waals surface area contributed by atoms with Crippen LogP contribution in [0.1, 0.15) is 55.7 Å². The van der Waals surface area contributed by atoms with Gasteiger partial charge in [-0.1, -0.05) is 73.2 Å². The molecular weight excluding hydrogens is 415 g/mol. The number of nitrogens with zero attached hydrogens (tertiary/aromatic N) is 2. The Morgan fingerprint density at radius 1 is 0.833 bits per heavy atom. The molecule has 0 radical (unpaired) electrons. The summed E-state index contributed by atoms with van der Waals surface area (Å²) in [6.07, 6.45) is 7.08. The molecule has 0 bridgehead atoms. The number of rotatable bonds is 6. The fourth-order valence-corrected chi connectivity index (χ4v) is 5.17. The molecule has 0 spiro atoms. The molecule has 1 saturated heterocycles. The molecule has 3 nitrogen and oxygen atoms in total. The lowest BCUT2D eigenvalue weighted by molar-refractivity contribution is -0.133. The molecule has 2 aromatic rings. The van der Waals surface area contributed by atoms with Gasteiger partial charge in [0, 0.05) is 42.6 Å². The minimum Gasteiger partial charge on any atom is -0.340 e. The summed E-state index contributed by atoms with van der Waals surface area (Å²) in [6.45, 7) is 3.32. The van der Waals surface area contributed by atoms with E-state index in [-0.39, 0.29) is 6.04 Å². The highest BCUT2D eigenvalue weighted by Crippen LogP contribution is 2.32. The van der Waals surface area contributed by atoms with Crippen LogP contribution in [0.3, 0.4) is 0 Å². The van der Waals surface area contributed by atoms with Crippen molar-refractivity contribution in [3.05, 3.63) is 69.7 Å². The number of hydrogen-bond donors (Lipinski definition) is 0. The molecule has 1 saturated carbocycles. The molecule has 0 N–H and O–H groups in total. The zero-order chi connectivity index (χ0) is 20.9. The van der Waals surface area contributed by atoms with Gasteiger partial charge in [0.05, 0.1) is 6.04 Å². The van der Waals surface area contributed by atoms with Gasteiger partial charge < -0.3 is 4.90 Å². The van der Waals surface area contributed by atoms with Crippen molar-refractivity contribution in [3.63, 3.8) is 0 Å². The van der Waals surface area contributed by atoms with Crippen LogP contribution in [-0.4, -0.2) is 41.9 Å². The van der Waals surface area contributed by atoms with Gasteiger partial charge in [-0.2, -0.15) is 0 Å². The molecule has 2 aliphatic rings. The highest BCUT2D eigenvalue weighted by atomic mass is 35.5. The minimum absolute atomic E-state index is 0.135. The number of hydrogen-bond acceptors (Lipinski definition) is 2. The van der Waals surface area contributed by atoms with E-state index in [0.29, 0.717) is 12.3 Å². The highest BCUT2D eigenvalue weighted by Gasteiger charge is 2.28. The zero-order valence-corrected chi connectivity index (χ0v) is 18.9. The third-order valence-electron chi connectivity index (χ3n) is 6.64. The van der Waals surface area contributed by atoms with Gasteiger partial charge in [0.1, 0.15) is 0 Å². The second-order valence-corrected chi connectivity index (χ2v) is 9.48. The molecule has 1 aliphatic heterocycles. The first-order valence-corrected chi connectivity index (χ1v) is 11.9. The maximum atomic E-state index is 12.7. The zero-order valence-electron chi connectivity index (χ0n) is 17.4. The third-order valence-corrected chi connectivity index (χ3v) is 7.15. The Morgan fingerprint density at radius 2 is 1.33 bits per heavy atom. The largest absolute Gasteiger partial charge is 0.340 e. The van der Waals surface area contributed by atoms with Crippen molar-refractivity contribution in [3.8, 4) is 0 Å². The Labute approximate surface area is 190 Å². The number of piperazine rings is 1. The number of amides is 1. The quantitative estimate of drug-likeness (QED) is 0.529. The summed E-state index contributed by atoms with van der Waals surface area (Å²) < 4.78 is 0. The van der Waals surface area contributed by atoms with E-state index in [1.807, 2.05) is 24.3 Å². The van der Waals surface area contributed by atoms with E-state index in [1.165, 1.54) is 36.8 Å². The molecule has 2 fully saturated rings. The van der Waals surface area contributed by atoms with E-state index in [9.17, 15) is 4.79 Å². The Bertz CT molecular complexity index is 778. The number of carbonyl (C=O) groups is 1. The van der Waals surface area contributed by atoms with Crippen molar-refractivity contribution in [2.75, 3.05) is 26.2 Å². The van der Waals surface area contributed by atoms with Crippen LogP contribution < -0.4 is 0 Å². The molecule has 0 aromatic heterocycles. The molecule has 1 amide bonds. The first kappa shape index (κ1) is 21.7. The Morgan fingerprint density at radius 3 is 1.83 bits per heavy atom. The van der Waals surface area contributed by atoms with Crippen molar-refractivity contribution in [1.29, 1.82) is 0 Å². The van der Waals surface area contributed by atoms with Gasteiger partial charge in [-0.25, -0.2) is 0 Å². The smallest absolute Gasteiger partial charge is 0.222 e. The summed E-state index contributed by atoms with van der Waals surface area (Å²) >= 11 is 12.2. The minimum atomic E-state index is 0.135. The highest BCUT2D eigenvalue weighted by molar-refractivity contribution is 6.30. The average Bonchev–Trinajstić information content (AvgIpc) is 3.29. The van der Waals surface area contributed by atoms with Crippen molar-refractivity contribution in [2.45, 2.75) is 44.6 Å². The average molecular weight is 445 g/mol. The number of carbonyl (C=O) groups excluding carboxylic acids is 1. The first-order chi connectivity index (χ1) is 14.6. The molecule has 5 heteroatoms. The van der Waals surface area contributed by atoms with Gasteiger partial charge in [0.15, 0.2) is 0 Å². The fourth-order valence-electron chi connectivity index (χ4n) is 4.92. The summed E-state index contributed by atoms with van der Waals surface area (Å²) in [6, 6.07) is 16.3. The predicted octanol–water partition coefficient (Wildman–Crippen LogP) is 6.20. The molecular formula is C25H30Cl2N2O. The maximum absolute atomic E-state index is 12.7. The van der Waals surface area contributed by atoms with Gasteiger partial charge in [-0.05, 0) is 47.7 Å². The third kappa shape index (κ3) is 5.38. The standard InChI is InChI=1S/C25H30Cl2N2O/c26-22-10-6-20(7-11-22)25(21-8-12-23(27)13-9-21)29-17-15-28(16-18-29)24(30)14-5-19-3-1-2-4-19/h6-13,19,25H,1-5,14-18H2. The van der Waals surface area contributed by atoms with Crippen LogP contribution >= 0.6 is 23.2 Å². The molecule has 1 aliphatic carbocycles. The monoisotopic (exact) mass is 444 g/mol. The van der Waals surface area contributed by atoms with E-state index in [4.69, 9.17) is 23.2 Å². The normalized spacial score (nSPS) is 18.3. The molecule has 4 rings (SSSR count). The lowest BCUT2D eigenvalue weighted by atomic mass is 9.96. The van der Waals surface area contributed by atoms with Crippen LogP contribution in [-0.2, 0) is 4.79 Å². The topological polar surface area (TPSA) is 23.6 Å². The van der Waals surface area contributed by atoms with E-state index in [1.54, 1.807) is 0 Å². The van der Waals surface area contributed by atoms with Gasteiger partial charge >= 0.3 is 0 Å². The van der Waals surface area contributed by atoms with Crippen LogP contribution in [0.4, 0.5) is 0 Å². The molecule has 1 heterocycles. The van der Waals surface area contributed by atoms with Crippen LogP contribution in [0, 0.1) is 5.92 Å². The van der Waals surface area contributed by atoms with Gasteiger partial charge in [-0.15, -0.1) is 0 Å². The Kier molecular flexibility index (Phi) is 7.35. The summed E-state index contributed by atoms with van der Waals surface area (Å²) in [4.78, 5) is 17.3. The SMILES string of the molecule is O=C(CCC1CCCC1)N1CCN(C(c2ccc(Cl)cc2)c2ccc(Cl)cc2)CC1. The van der Waals surface area contributed by atoms with Crippen LogP contribution in [0.25, 0.3) is 0 Å². The number of benzene rings is 2. The second kappa shape index (κ2) is 10.2. The lowest BCUT2D eigenvalue weighted by Crippen LogP contribution is -2.49. The van der Waals surface area contributed by atoms with E-state index in [2.05, 4.69) is 34.1 Å². The lowest BCUT2D eigenvalue weighted by Gasteiger charge is -2.40. The molecule has 160 valence electrons. The van der Waals surface area contributed by atoms with E-state index >= 15 is 0 Å². The van der Waals surface area contributed by atoms with Crippen molar-refractivity contribution < 1.29 is 4.79 Å². The predicted molar refractivity (Wildman–Crippen MR) is 124 cm³/mol. The van der Waals surface area contributed by atoms with Crippen LogP contribution in [0.5, 0.6) is 0 Å². The van der Waals surface area contributed by atoms with Crippen molar-refractivity contribution in [1.82, 2.24) is 9.80 Å². The van der Waals surface area contributed by atoms with Gasteiger partial charge in [-0.3, -0.25) is 9.69 Å². The van der Waals surface area contributed by atoms with Crippen LogP contribution in [0.2, 0.25) is 10.0 Å². The van der Waals surface area contributed by atoms with E-state index in [0.717, 1.165) is 48.6 Å². The Balaban J connectivity index is 1.41. The van der Waals surface area contributed by atoms with Crippen molar-refractivity contribution in [2.24, 2.45) is 5.92 Å². The summed E-state index contributed by atoms with van der Waals surface area (Å²) in [5.74, 6) is 1.10. The summed E-state index contributed by atoms with van der Waals surface area (Å²) in [7, 11) is 0. The Hall–Kier alpha value is -1.55. The molecule has 0 unspecified atom stereocenters. The van der Waals surface area contributed by atoms with E-state index < -0.39 is 0 Å². The first-order valence-electron chi connectivity index (χ1n) is 11.1. The van der Waals surface area contributed by atoms with Gasteiger partial charge in [0.2, 0.25) is 5.91 Å². The molecule has 30 heavy (non-hydrogen) atoms.